The Bertz CT molecular complexity index is 486. The first-order valence-electron chi connectivity index (χ1n) is 4.19. The molecule has 0 aliphatic rings. The molecule has 15 heavy (non-hydrogen) atoms. The maximum absolute atomic E-state index is 13.0. The lowest BCUT2D eigenvalue weighted by atomic mass is 10.2. The standard InChI is InChI=1S/C9H7ClFN3O/c10-7-2-1-5(11)3-6(7)9-13-8(4-12)15-14-9/h1-3H,4,12H2. The smallest absolute Gasteiger partial charge is 0.240 e. The first kappa shape index (κ1) is 10.1. The minimum Gasteiger partial charge on any atom is -0.338 e. The summed E-state index contributed by atoms with van der Waals surface area (Å²) < 4.78 is 17.7. The molecule has 2 aromatic rings. The third-order valence-electron chi connectivity index (χ3n) is 1.81. The molecule has 1 aromatic heterocycles. The third kappa shape index (κ3) is 1.98. The van der Waals surface area contributed by atoms with Gasteiger partial charge in [-0.15, -0.1) is 0 Å². The second-order valence-electron chi connectivity index (χ2n) is 2.84. The van der Waals surface area contributed by atoms with Crippen molar-refractivity contribution in [2.75, 3.05) is 0 Å². The molecule has 0 aliphatic carbocycles. The summed E-state index contributed by atoms with van der Waals surface area (Å²) in [7, 11) is 0. The van der Waals surface area contributed by atoms with Gasteiger partial charge in [-0.1, -0.05) is 16.8 Å². The Balaban J connectivity index is 2.48. The van der Waals surface area contributed by atoms with E-state index in [4.69, 9.17) is 21.9 Å². The van der Waals surface area contributed by atoms with Crippen molar-refractivity contribution < 1.29 is 8.91 Å². The van der Waals surface area contributed by atoms with E-state index in [1.54, 1.807) is 0 Å². The molecule has 2 rings (SSSR count). The van der Waals surface area contributed by atoms with Gasteiger partial charge in [-0.25, -0.2) is 4.39 Å². The maximum Gasteiger partial charge on any atom is 0.240 e. The van der Waals surface area contributed by atoms with E-state index in [0.717, 1.165) is 0 Å². The van der Waals surface area contributed by atoms with Crippen LogP contribution in [-0.4, -0.2) is 10.1 Å². The Morgan fingerprint density at radius 3 is 2.93 bits per heavy atom. The molecule has 2 N–H and O–H groups in total. The average molecular weight is 228 g/mol. The van der Waals surface area contributed by atoms with Gasteiger partial charge in [0.15, 0.2) is 0 Å². The van der Waals surface area contributed by atoms with Gasteiger partial charge in [-0.05, 0) is 18.2 Å². The number of halogens is 2. The topological polar surface area (TPSA) is 64.9 Å². The van der Waals surface area contributed by atoms with Crippen molar-refractivity contribution in [3.8, 4) is 11.4 Å². The average Bonchev–Trinajstić information content (AvgIpc) is 2.70. The number of nitrogens with zero attached hydrogens (tertiary/aromatic N) is 2. The van der Waals surface area contributed by atoms with Crippen LogP contribution in [0.2, 0.25) is 5.02 Å². The zero-order valence-corrected chi connectivity index (χ0v) is 8.33. The Hall–Kier alpha value is -1.46. The van der Waals surface area contributed by atoms with E-state index in [0.29, 0.717) is 10.6 Å². The van der Waals surface area contributed by atoms with E-state index in [-0.39, 0.29) is 18.3 Å². The van der Waals surface area contributed by atoms with Crippen molar-refractivity contribution in [2.24, 2.45) is 5.73 Å². The molecule has 0 spiro atoms. The fourth-order valence-corrected chi connectivity index (χ4v) is 1.32. The lowest BCUT2D eigenvalue weighted by molar-refractivity contribution is 0.380. The summed E-state index contributed by atoms with van der Waals surface area (Å²) >= 11 is 5.86. The second-order valence-corrected chi connectivity index (χ2v) is 3.25. The van der Waals surface area contributed by atoms with E-state index in [2.05, 4.69) is 10.1 Å². The van der Waals surface area contributed by atoms with Crippen molar-refractivity contribution >= 4 is 11.6 Å². The van der Waals surface area contributed by atoms with Crippen molar-refractivity contribution in [1.29, 1.82) is 0 Å². The van der Waals surface area contributed by atoms with Crippen molar-refractivity contribution in [2.45, 2.75) is 6.54 Å². The van der Waals surface area contributed by atoms with Crippen LogP contribution in [0.5, 0.6) is 0 Å². The molecule has 0 unspecified atom stereocenters. The number of hydrogen-bond acceptors (Lipinski definition) is 4. The number of nitrogens with two attached hydrogens (primary N) is 1. The van der Waals surface area contributed by atoms with Gasteiger partial charge in [-0.2, -0.15) is 4.98 Å². The van der Waals surface area contributed by atoms with Crippen LogP contribution in [0.1, 0.15) is 5.89 Å². The van der Waals surface area contributed by atoms with Gasteiger partial charge in [0, 0.05) is 5.56 Å². The molecule has 0 fully saturated rings. The van der Waals surface area contributed by atoms with Crippen LogP contribution in [0.25, 0.3) is 11.4 Å². The van der Waals surface area contributed by atoms with E-state index in [1.165, 1.54) is 18.2 Å². The number of rotatable bonds is 2. The van der Waals surface area contributed by atoms with Crippen molar-refractivity contribution in [3.63, 3.8) is 0 Å². The van der Waals surface area contributed by atoms with Gasteiger partial charge in [0.1, 0.15) is 5.82 Å². The van der Waals surface area contributed by atoms with Crippen LogP contribution in [0.3, 0.4) is 0 Å². The van der Waals surface area contributed by atoms with Crippen molar-refractivity contribution in [3.05, 3.63) is 34.9 Å². The predicted octanol–water partition coefficient (Wildman–Crippen LogP) is 1.99. The minimum atomic E-state index is -0.409. The molecule has 6 heteroatoms. The fraction of sp³-hybridized carbons (Fsp3) is 0.111. The molecule has 1 heterocycles. The zero-order chi connectivity index (χ0) is 10.8. The van der Waals surface area contributed by atoms with E-state index >= 15 is 0 Å². The van der Waals surface area contributed by atoms with Crippen LogP contribution in [0.4, 0.5) is 4.39 Å². The van der Waals surface area contributed by atoms with Gasteiger partial charge in [0.2, 0.25) is 11.7 Å². The summed E-state index contributed by atoms with van der Waals surface area (Å²) in [6, 6.07) is 3.94. The third-order valence-corrected chi connectivity index (χ3v) is 2.14. The predicted molar refractivity (Wildman–Crippen MR) is 52.6 cm³/mol. The summed E-state index contributed by atoms with van der Waals surface area (Å²) in [5.41, 5.74) is 5.69. The molecule has 0 radical (unpaired) electrons. The van der Waals surface area contributed by atoms with Crippen LogP contribution < -0.4 is 5.73 Å². The highest BCUT2D eigenvalue weighted by molar-refractivity contribution is 6.33. The number of hydrogen-bond donors (Lipinski definition) is 1. The Kier molecular flexibility index (Phi) is 2.66. The molecular formula is C9H7ClFN3O. The molecule has 1 aromatic carbocycles. The highest BCUT2D eigenvalue weighted by atomic mass is 35.5. The maximum atomic E-state index is 13.0. The van der Waals surface area contributed by atoms with Crippen LogP contribution >= 0.6 is 11.6 Å². The van der Waals surface area contributed by atoms with Crippen molar-refractivity contribution in [1.82, 2.24) is 10.1 Å². The lowest BCUT2D eigenvalue weighted by Gasteiger charge is -1.97. The molecular weight excluding hydrogens is 221 g/mol. The zero-order valence-electron chi connectivity index (χ0n) is 7.58. The van der Waals surface area contributed by atoms with Gasteiger partial charge >= 0.3 is 0 Å². The van der Waals surface area contributed by atoms with Gasteiger partial charge in [0.05, 0.1) is 11.6 Å². The van der Waals surface area contributed by atoms with E-state index in [9.17, 15) is 4.39 Å². The fourth-order valence-electron chi connectivity index (χ4n) is 1.12. The summed E-state index contributed by atoms with van der Waals surface area (Å²) in [6.45, 7) is 0.139. The Labute approximate surface area is 89.8 Å². The van der Waals surface area contributed by atoms with Gasteiger partial charge in [-0.3, -0.25) is 0 Å². The SMILES string of the molecule is NCc1nc(-c2cc(F)ccc2Cl)no1. The monoisotopic (exact) mass is 227 g/mol. The molecule has 0 atom stereocenters. The summed E-state index contributed by atoms with van der Waals surface area (Å²) in [5.74, 6) is 0.110. The summed E-state index contributed by atoms with van der Waals surface area (Å²) in [4.78, 5) is 3.95. The van der Waals surface area contributed by atoms with Crippen LogP contribution in [0.15, 0.2) is 22.7 Å². The van der Waals surface area contributed by atoms with Crippen LogP contribution in [0, 0.1) is 5.82 Å². The van der Waals surface area contributed by atoms with E-state index < -0.39 is 5.82 Å². The molecule has 0 saturated carbocycles. The first-order chi connectivity index (χ1) is 7.20. The second kappa shape index (κ2) is 3.96. The minimum absolute atomic E-state index is 0.139. The van der Waals surface area contributed by atoms with Gasteiger partial charge in [0.25, 0.3) is 0 Å². The quantitative estimate of drug-likeness (QED) is 0.852. The first-order valence-corrected chi connectivity index (χ1v) is 4.56. The molecule has 0 bridgehead atoms. The highest BCUT2D eigenvalue weighted by Crippen LogP contribution is 2.26. The highest BCUT2D eigenvalue weighted by Gasteiger charge is 2.11. The van der Waals surface area contributed by atoms with Gasteiger partial charge < -0.3 is 10.3 Å². The Morgan fingerprint density at radius 1 is 1.47 bits per heavy atom. The number of aromatic nitrogens is 2. The lowest BCUT2D eigenvalue weighted by Crippen LogP contribution is -1.95. The largest absolute Gasteiger partial charge is 0.338 e. The normalized spacial score (nSPS) is 10.6. The molecule has 0 aliphatic heterocycles. The van der Waals surface area contributed by atoms with E-state index in [1.807, 2.05) is 0 Å². The molecule has 78 valence electrons. The molecule has 0 amide bonds. The number of benzene rings is 1. The summed E-state index contributed by atoms with van der Waals surface area (Å²) in [5, 5.41) is 4.00. The van der Waals surface area contributed by atoms with Crippen LogP contribution in [-0.2, 0) is 6.54 Å². The molecule has 0 saturated heterocycles. The molecule has 4 nitrogen and oxygen atoms in total. The summed E-state index contributed by atoms with van der Waals surface area (Å²) in [6.07, 6.45) is 0. The Morgan fingerprint density at radius 2 is 2.27 bits per heavy atom.